The van der Waals surface area contributed by atoms with Crippen molar-refractivity contribution in [3.8, 4) is 5.75 Å². The number of hydrogen-bond acceptors (Lipinski definition) is 3. The zero-order valence-corrected chi connectivity index (χ0v) is 11.8. The summed E-state index contributed by atoms with van der Waals surface area (Å²) in [5.74, 6) is -1.84. The Labute approximate surface area is 125 Å². The molecule has 2 aromatic carbocycles. The van der Waals surface area contributed by atoms with E-state index in [9.17, 15) is 14.7 Å². The second kappa shape index (κ2) is 5.85. The molecule has 0 aromatic heterocycles. The number of rotatable bonds is 3. The lowest BCUT2D eigenvalue weighted by Gasteiger charge is -2.10. The van der Waals surface area contributed by atoms with Gasteiger partial charge in [-0.05, 0) is 42.8 Å². The Balaban J connectivity index is 2.33. The van der Waals surface area contributed by atoms with E-state index in [0.717, 1.165) is 0 Å². The van der Waals surface area contributed by atoms with E-state index in [2.05, 4.69) is 5.32 Å². The van der Waals surface area contributed by atoms with Crippen LogP contribution in [0.15, 0.2) is 36.4 Å². The Morgan fingerprint density at radius 1 is 1.14 bits per heavy atom. The molecule has 0 spiro atoms. The Bertz CT molecular complexity index is 728. The fraction of sp³-hybridized carbons (Fsp3) is 0.0667. The van der Waals surface area contributed by atoms with Crippen LogP contribution < -0.4 is 5.32 Å². The third-order valence-corrected chi connectivity index (χ3v) is 3.17. The largest absolute Gasteiger partial charge is 0.506 e. The standard InChI is InChI=1S/C15H12ClNO4/c1-8-2-4-10(16)7-11(8)14(19)17-12-6-9(15(20)21)3-5-13(12)18/h2-7,18H,1H3,(H,17,19)(H,20,21). The molecule has 0 aliphatic rings. The maximum Gasteiger partial charge on any atom is 0.335 e. The number of phenolic OH excluding ortho intramolecular Hbond substituents is 1. The van der Waals surface area contributed by atoms with Gasteiger partial charge >= 0.3 is 5.97 Å². The van der Waals surface area contributed by atoms with E-state index < -0.39 is 11.9 Å². The predicted molar refractivity (Wildman–Crippen MR) is 79.2 cm³/mol. The highest BCUT2D eigenvalue weighted by Crippen LogP contribution is 2.25. The molecule has 0 radical (unpaired) electrons. The van der Waals surface area contributed by atoms with Crippen molar-refractivity contribution in [2.24, 2.45) is 0 Å². The van der Waals surface area contributed by atoms with Crippen molar-refractivity contribution in [2.45, 2.75) is 6.92 Å². The van der Waals surface area contributed by atoms with Crippen molar-refractivity contribution in [1.82, 2.24) is 0 Å². The number of benzene rings is 2. The van der Waals surface area contributed by atoms with E-state index in [1.165, 1.54) is 24.3 Å². The van der Waals surface area contributed by atoms with Gasteiger partial charge in [0.15, 0.2) is 0 Å². The molecule has 6 heteroatoms. The van der Waals surface area contributed by atoms with Crippen LogP contribution in [-0.4, -0.2) is 22.1 Å². The smallest absolute Gasteiger partial charge is 0.335 e. The number of amides is 1. The van der Waals surface area contributed by atoms with E-state index in [0.29, 0.717) is 16.1 Å². The Morgan fingerprint density at radius 3 is 2.52 bits per heavy atom. The highest BCUT2D eigenvalue weighted by Gasteiger charge is 2.14. The molecule has 2 rings (SSSR count). The lowest BCUT2D eigenvalue weighted by atomic mass is 10.1. The molecule has 108 valence electrons. The number of carboxylic acids is 1. The van der Waals surface area contributed by atoms with Gasteiger partial charge in [0, 0.05) is 10.6 Å². The molecule has 0 saturated heterocycles. The van der Waals surface area contributed by atoms with Gasteiger partial charge in [-0.1, -0.05) is 17.7 Å². The van der Waals surface area contributed by atoms with Crippen LogP contribution in [0.4, 0.5) is 5.69 Å². The van der Waals surface area contributed by atoms with E-state index in [1.807, 2.05) is 0 Å². The number of carbonyl (C=O) groups is 2. The van der Waals surface area contributed by atoms with Crippen molar-refractivity contribution in [3.05, 3.63) is 58.1 Å². The Kier molecular flexibility index (Phi) is 4.14. The summed E-state index contributed by atoms with van der Waals surface area (Å²) in [6.07, 6.45) is 0. The van der Waals surface area contributed by atoms with Crippen LogP contribution in [0.5, 0.6) is 5.75 Å². The first kappa shape index (κ1) is 14.9. The van der Waals surface area contributed by atoms with Gasteiger partial charge < -0.3 is 15.5 Å². The van der Waals surface area contributed by atoms with E-state index in [1.54, 1.807) is 19.1 Å². The zero-order chi connectivity index (χ0) is 15.6. The van der Waals surface area contributed by atoms with Crippen LogP contribution in [-0.2, 0) is 0 Å². The third kappa shape index (κ3) is 3.32. The molecule has 1 amide bonds. The zero-order valence-electron chi connectivity index (χ0n) is 11.1. The minimum Gasteiger partial charge on any atom is -0.506 e. The van der Waals surface area contributed by atoms with Crippen molar-refractivity contribution in [3.63, 3.8) is 0 Å². The molecule has 2 aromatic rings. The molecule has 0 bridgehead atoms. The SMILES string of the molecule is Cc1ccc(Cl)cc1C(=O)Nc1cc(C(=O)O)ccc1O. The first-order valence-corrected chi connectivity index (χ1v) is 6.40. The van der Waals surface area contributed by atoms with Crippen LogP contribution in [0.1, 0.15) is 26.3 Å². The quantitative estimate of drug-likeness (QED) is 0.759. The molecule has 3 N–H and O–H groups in total. The molecule has 0 saturated carbocycles. The highest BCUT2D eigenvalue weighted by molar-refractivity contribution is 6.31. The number of aromatic hydroxyl groups is 1. The van der Waals surface area contributed by atoms with Crippen molar-refractivity contribution in [2.75, 3.05) is 5.32 Å². The highest BCUT2D eigenvalue weighted by atomic mass is 35.5. The molecular weight excluding hydrogens is 294 g/mol. The summed E-state index contributed by atoms with van der Waals surface area (Å²) in [5, 5.41) is 21.5. The van der Waals surface area contributed by atoms with Crippen molar-refractivity contribution < 1.29 is 19.8 Å². The lowest BCUT2D eigenvalue weighted by Crippen LogP contribution is -2.14. The number of halogens is 1. The number of hydrogen-bond donors (Lipinski definition) is 3. The average Bonchev–Trinajstić information content (AvgIpc) is 2.43. The molecule has 0 atom stereocenters. The van der Waals surface area contributed by atoms with Gasteiger partial charge in [0.2, 0.25) is 0 Å². The van der Waals surface area contributed by atoms with Crippen LogP contribution in [0.3, 0.4) is 0 Å². The maximum absolute atomic E-state index is 12.2. The van der Waals surface area contributed by atoms with Gasteiger partial charge in [0.1, 0.15) is 5.75 Å². The number of carbonyl (C=O) groups excluding carboxylic acids is 1. The first-order chi connectivity index (χ1) is 9.88. The summed E-state index contributed by atoms with van der Waals surface area (Å²) in [6.45, 7) is 1.75. The van der Waals surface area contributed by atoms with Gasteiger partial charge in [-0.25, -0.2) is 4.79 Å². The van der Waals surface area contributed by atoms with Gasteiger partial charge in [0.05, 0.1) is 11.3 Å². The topological polar surface area (TPSA) is 86.6 Å². The minimum absolute atomic E-state index is 0.0271. The summed E-state index contributed by atoms with van der Waals surface area (Å²) >= 11 is 5.85. The second-order valence-electron chi connectivity index (χ2n) is 4.45. The number of aryl methyl sites for hydroxylation is 1. The molecule has 0 heterocycles. The molecule has 0 unspecified atom stereocenters. The Hall–Kier alpha value is -2.53. The normalized spacial score (nSPS) is 10.2. The van der Waals surface area contributed by atoms with Gasteiger partial charge in [-0.15, -0.1) is 0 Å². The average molecular weight is 306 g/mol. The fourth-order valence-electron chi connectivity index (χ4n) is 1.80. The summed E-state index contributed by atoms with van der Waals surface area (Å²) in [5.41, 5.74) is 1.05. The summed E-state index contributed by atoms with van der Waals surface area (Å²) in [4.78, 5) is 23.1. The molecule has 0 aliphatic heterocycles. The predicted octanol–water partition coefficient (Wildman–Crippen LogP) is 3.30. The molecule has 5 nitrogen and oxygen atoms in total. The number of anilines is 1. The molecule has 21 heavy (non-hydrogen) atoms. The van der Waals surface area contributed by atoms with Crippen LogP contribution in [0.2, 0.25) is 5.02 Å². The summed E-state index contributed by atoms with van der Waals surface area (Å²) in [7, 11) is 0. The molecular formula is C15H12ClNO4. The van der Waals surface area contributed by atoms with Crippen LogP contribution >= 0.6 is 11.6 Å². The van der Waals surface area contributed by atoms with Crippen molar-refractivity contribution in [1.29, 1.82) is 0 Å². The lowest BCUT2D eigenvalue weighted by molar-refractivity contribution is 0.0696. The van der Waals surface area contributed by atoms with Crippen LogP contribution in [0.25, 0.3) is 0 Å². The van der Waals surface area contributed by atoms with E-state index in [-0.39, 0.29) is 17.0 Å². The van der Waals surface area contributed by atoms with Gasteiger partial charge in [-0.3, -0.25) is 4.79 Å². The number of carboxylic acid groups (broad SMARTS) is 1. The second-order valence-corrected chi connectivity index (χ2v) is 4.89. The first-order valence-electron chi connectivity index (χ1n) is 6.02. The number of phenols is 1. The summed E-state index contributed by atoms with van der Waals surface area (Å²) in [6, 6.07) is 8.52. The fourth-order valence-corrected chi connectivity index (χ4v) is 1.97. The van der Waals surface area contributed by atoms with Crippen molar-refractivity contribution >= 4 is 29.2 Å². The van der Waals surface area contributed by atoms with Gasteiger partial charge in [0.25, 0.3) is 5.91 Å². The van der Waals surface area contributed by atoms with E-state index in [4.69, 9.17) is 16.7 Å². The molecule has 0 fully saturated rings. The van der Waals surface area contributed by atoms with E-state index >= 15 is 0 Å². The minimum atomic E-state index is -1.15. The Morgan fingerprint density at radius 2 is 1.86 bits per heavy atom. The monoisotopic (exact) mass is 305 g/mol. The summed E-state index contributed by atoms with van der Waals surface area (Å²) < 4.78 is 0. The van der Waals surface area contributed by atoms with Crippen LogP contribution in [0, 0.1) is 6.92 Å². The molecule has 0 aliphatic carbocycles. The number of aromatic carboxylic acids is 1. The maximum atomic E-state index is 12.2. The third-order valence-electron chi connectivity index (χ3n) is 2.94. The number of nitrogens with one attached hydrogen (secondary N) is 1. The van der Waals surface area contributed by atoms with Gasteiger partial charge in [-0.2, -0.15) is 0 Å².